The van der Waals surface area contributed by atoms with E-state index in [2.05, 4.69) is 30.2 Å². The lowest BCUT2D eigenvalue weighted by molar-refractivity contribution is -0.115. The summed E-state index contributed by atoms with van der Waals surface area (Å²) in [5.41, 5.74) is 9.96. The highest BCUT2D eigenvalue weighted by atomic mass is 32.1. The Bertz CT molecular complexity index is 643. The number of hydrogen-bond donors (Lipinski definition) is 2. The van der Waals surface area contributed by atoms with Crippen molar-refractivity contribution in [2.45, 2.75) is 40.2 Å². The first-order valence-corrected chi connectivity index (χ1v) is 8.31. The van der Waals surface area contributed by atoms with Gasteiger partial charge in [-0.15, -0.1) is 11.3 Å². The molecule has 1 atom stereocenters. The van der Waals surface area contributed by atoms with Crippen LogP contribution < -0.4 is 11.1 Å². The van der Waals surface area contributed by atoms with Crippen molar-refractivity contribution in [2.24, 2.45) is 11.7 Å². The number of aryl methyl sites for hydroxylation is 2. The number of benzene rings is 1. The van der Waals surface area contributed by atoms with E-state index < -0.39 is 0 Å². The lowest BCUT2D eigenvalue weighted by atomic mass is 10.1. The normalized spacial score (nSPS) is 12.5. The van der Waals surface area contributed by atoms with Crippen LogP contribution in [0.4, 0.5) is 5.69 Å². The Labute approximate surface area is 135 Å². The van der Waals surface area contributed by atoms with Gasteiger partial charge in [-0.1, -0.05) is 19.9 Å². The van der Waals surface area contributed by atoms with Gasteiger partial charge in [0.25, 0.3) is 0 Å². The number of anilines is 1. The fourth-order valence-corrected chi connectivity index (χ4v) is 3.25. The average molecular weight is 317 g/mol. The van der Waals surface area contributed by atoms with Crippen LogP contribution >= 0.6 is 11.3 Å². The predicted molar refractivity (Wildman–Crippen MR) is 92.1 cm³/mol. The summed E-state index contributed by atoms with van der Waals surface area (Å²) in [6, 6.07) is 5.94. The zero-order valence-electron chi connectivity index (χ0n) is 13.5. The molecule has 0 saturated carbocycles. The van der Waals surface area contributed by atoms with Crippen LogP contribution in [0.3, 0.4) is 0 Å². The largest absolute Gasteiger partial charge is 0.326 e. The number of nitrogens with zero attached hydrogens (tertiary/aromatic N) is 1. The molecular formula is C17H23N3OS. The zero-order chi connectivity index (χ0) is 16.3. The van der Waals surface area contributed by atoms with Gasteiger partial charge in [0.1, 0.15) is 5.01 Å². The topological polar surface area (TPSA) is 68.0 Å². The molecule has 1 aromatic carbocycles. The van der Waals surface area contributed by atoms with E-state index in [-0.39, 0.29) is 18.4 Å². The van der Waals surface area contributed by atoms with Gasteiger partial charge in [0.15, 0.2) is 0 Å². The van der Waals surface area contributed by atoms with Gasteiger partial charge in [-0.05, 0) is 43.0 Å². The molecule has 4 nitrogen and oxygen atoms in total. The van der Waals surface area contributed by atoms with E-state index in [9.17, 15) is 4.79 Å². The van der Waals surface area contributed by atoms with Crippen molar-refractivity contribution in [3.05, 3.63) is 45.4 Å². The van der Waals surface area contributed by atoms with Crippen molar-refractivity contribution in [3.8, 4) is 0 Å². The quantitative estimate of drug-likeness (QED) is 0.885. The molecule has 2 aromatic rings. The third-order valence-electron chi connectivity index (χ3n) is 3.42. The monoisotopic (exact) mass is 317 g/mol. The molecule has 1 aromatic heterocycles. The fourth-order valence-electron chi connectivity index (χ4n) is 2.26. The van der Waals surface area contributed by atoms with Gasteiger partial charge in [-0.25, -0.2) is 4.98 Å². The van der Waals surface area contributed by atoms with E-state index >= 15 is 0 Å². The molecule has 0 spiro atoms. The van der Waals surface area contributed by atoms with Crippen LogP contribution in [0.2, 0.25) is 0 Å². The molecule has 3 N–H and O–H groups in total. The van der Waals surface area contributed by atoms with E-state index in [1.54, 1.807) is 0 Å². The van der Waals surface area contributed by atoms with Gasteiger partial charge in [-0.3, -0.25) is 4.79 Å². The number of thiazole rings is 1. The molecule has 5 heteroatoms. The summed E-state index contributed by atoms with van der Waals surface area (Å²) in [6.45, 7) is 8.17. The van der Waals surface area contributed by atoms with Crippen molar-refractivity contribution < 1.29 is 4.79 Å². The van der Waals surface area contributed by atoms with E-state index in [4.69, 9.17) is 5.73 Å². The van der Waals surface area contributed by atoms with Crippen molar-refractivity contribution >= 4 is 22.9 Å². The Morgan fingerprint density at radius 3 is 2.50 bits per heavy atom. The summed E-state index contributed by atoms with van der Waals surface area (Å²) in [6.07, 6.45) is 0.272. The molecule has 0 aliphatic carbocycles. The Hall–Kier alpha value is -1.72. The average Bonchev–Trinajstić information content (AvgIpc) is 2.84. The maximum Gasteiger partial charge on any atom is 0.230 e. The number of aromatic nitrogens is 1. The van der Waals surface area contributed by atoms with Gasteiger partial charge < -0.3 is 11.1 Å². The van der Waals surface area contributed by atoms with Crippen LogP contribution in [0.1, 0.15) is 41.7 Å². The van der Waals surface area contributed by atoms with Gasteiger partial charge in [0, 0.05) is 11.1 Å². The minimum Gasteiger partial charge on any atom is -0.326 e. The number of nitrogens with two attached hydrogens (primary N) is 1. The molecule has 2 rings (SSSR count). The summed E-state index contributed by atoms with van der Waals surface area (Å²) in [7, 11) is 0. The van der Waals surface area contributed by atoms with Gasteiger partial charge in [-0.2, -0.15) is 0 Å². The summed E-state index contributed by atoms with van der Waals surface area (Å²) in [5.74, 6) is 0.281. The number of hydrogen-bond acceptors (Lipinski definition) is 4. The Kier molecular flexibility index (Phi) is 5.32. The maximum absolute atomic E-state index is 12.1. The molecule has 0 aliphatic rings. The number of rotatable bonds is 5. The van der Waals surface area contributed by atoms with E-state index in [0.29, 0.717) is 5.92 Å². The molecule has 22 heavy (non-hydrogen) atoms. The van der Waals surface area contributed by atoms with E-state index in [0.717, 1.165) is 27.5 Å². The van der Waals surface area contributed by atoms with Crippen molar-refractivity contribution in [1.82, 2.24) is 4.98 Å². The minimum atomic E-state index is -0.0683. The summed E-state index contributed by atoms with van der Waals surface area (Å²) >= 11 is 1.52. The Morgan fingerprint density at radius 1 is 1.27 bits per heavy atom. The SMILES string of the molecule is Cc1cc(C)cc(NC(=O)Cc2csc(C(N)C(C)C)n2)c1. The first-order valence-electron chi connectivity index (χ1n) is 7.43. The fraction of sp³-hybridized carbons (Fsp3) is 0.412. The standard InChI is InChI=1S/C17H23N3OS/c1-10(2)16(18)17-20-14(9-22-17)8-15(21)19-13-6-11(3)5-12(4)7-13/h5-7,9-10,16H,8,18H2,1-4H3,(H,19,21). The van der Waals surface area contributed by atoms with E-state index in [1.165, 1.54) is 11.3 Å². The highest BCUT2D eigenvalue weighted by Crippen LogP contribution is 2.23. The third kappa shape index (κ3) is 4.39. The van der Waals surface area contributed by atoms with Crippen molar-refractivity contribution in [1.29, 1.82) is 0 Å². The van der Waals surface area contributed by atoms with Crippen molar-refractivity contribution in [3.63, 3.8) is 0 Å². The molecule has 0 aliphatic heterocycles. The van der Waals surface area contributed by atoms with Crippen LogP contribution in [-0.4, -0.2) is 10.9 Å². The van der Waals surface area contributed by atoms with E-state index in [1.807, 2.05) is 31.4 Å². The summed E-state index contributed by atoms with van der Waals surface area (Å²) in [4.78, 5) is 16.6. The van der Waals surface area contributed by atoms with Gasteiger partial charge >= 0.3 is 0 Å². The number of nitrogens with one attached hydrogen (secondary N) is 1. The molecule has 1 unspecified atom stereocenters. The van der Waals surface area contributed by atoms with Gasteiger partial charge in [0.05, 0.1) is 18.2 Å². The highest BCUT2D eigenvalue weighted by Gasteiger charge is 2.15. The first kappa shape index (κ1) is 16.6. The van der Waals surface area contributed by atoms with Crippen LogP contribution in [-0.2, 0) is 11.2 Å². The lowest BCUT2D eigenvalue weighted by Crippen LogP contribution is -2.17. The minimum absolute atomic E-state index is 0.0556. The lowest BCUT2D eigenvalue weighted by Gasteiger charge is -2.11. The summed E-state index contributed by atoms with van der Waals surface area (Å²) in [5, 5.41) is 5.74. The maximum atomic E-state index is 12.1. The molecule has 0 radical (unpaired) electrons. The Balaban J connectivity index is 2.00. The van der Waals surface area contributed by atoms with Gasteiger partial charge in [0.2, 0.25) is 5.91 Å². The van der Waals surface area contributed by atoms with Crippen LogP contribution in [0.15, 0.2) is 23.6 Å². The molecule has 1 amide bonds. The second-order valence-electron chi connectivity index (χ2n) is 6.05. The second-order valence-corrected chi connectivity index (χ2v) is 6.94. The first-order chi connectivity index (χ1) is 10.3. The number of carbonyl (C=O) groups is 1. The molecule has 0 fully saturated rings. The van der Waals surface area contributed by atoms with Crippen molar-refractivity contribution in [2.75, 3.05) is 5.32 Å². The smallest absolute Gasteiger partial charge is 0.230 e. The highest BCUT2D eigenvalue weighted by molar-refractivity contribution is 7.09. The predicted octanol–water partition coefficient (Wildman–Crippen LogP) is 3.60. The number of carbonyl (C=O) groups excluding carboxylic acids is 1. The zero-order valence-corrected chi connectivity index (χ0v) is 14.3. The van der Waals surface area contributed by atoms with Crippen LogP contribution in [0.25, 0.3) is 0 Å². The molecule has 1 heterocycles. The molecule has 0 saturated heterocycles. The number of amides is 1. The molecule has 0 bridgehead atoms. The van der Waals surface area contributed by atoms with Crippen LogP contribution in [0.5, 0.6) is 0 Å². The summed E-state index contributed by atoms with van der Waals surface area (Å²) < 4.78 is 0. The second kappa shape index (κ2) is 7.03. The Morgan fingerprint density at radius 2 is 1.91 bits per heavy atom. The molecular weight excluding hydrogens is 294 g/mol. The molecule has 118 valence electrons. The van der Waals surface area contributed by atoms with Crippen LogP contribution in [0, 0.1) is 19.8 Å². The third-order valence-corrected chi connectivity index (χ3v) is 4.41.